The third-order valence-electron chi connectivity index (χ3n) is 0.983. The highest BCUT2D eigenvalue weighted by molar-refractivity contribution is 5.90. The van der Waals surface area contributed by atoms with Crippen molar-refractivity contribution in [2.45, 2.75) is 0 Å². The Hall–Kier alpha value is -1.51. The van der Waals surface area contributed by atoms with Gasteiger partial charge in [-0.15, -0.1) is 0 Å². The van der Waals surface area contributed by atoms with Gasteiger partial charge in [-0.05, 0) is 12.1 Å². The number of hydrogen-bond donors (Lipinski definition) is 1. The fourth-order valence-corrected chi connectivity index (χ4v) is 0.548. The van der Waals surface area contributed by atoms with E-state index < -0.39 is 5.91 Å². The minimum Gasteiger partial charge on any atom is -0.472 e. The lowest BCUT2D eigenvalue weighted by Crippen LogP contribution is -2.04. The predicted octanol–water partition coefficient (Wildman–Crippen LogP) is 0.778. The van der Waals surface area contributed by atoms with E-state index in [1.165, 1.54) is 18.6 Å². The van der Waals surface area contributed by atoms with Crippen LogP contribution in [-0.4, -0.2) is 5.91 Å². The first-order valence-corrected chi connectivity index (χ1v) is 2.79. The van der Waals surface area contributed by atoms with E-state index in [0.717, 1.165) is 5.56 Å². The molecular formula is C7H7NO2. The van der Waals surface area contributed by atoms with Crippen LogP contribution < -0.4 is 5.73 Å². The molecule has 0 bridgehead atoms. The standard InChI is InChI=1S/C7H7NO2/c8-7(9)2-1-6-3-4-10-5-6/h1-5H,(H2,8,9). The normalized spacial score (nSPS) is 10.4. The summed E-state index contributed by atoms with van der Waals surface area (Å²) >= 11 is 0. The summed E-state index contributed by atoms with van der Waals surface area (Å²) in [5, 5.41) is 0. The van der Waals surface area contributed by atoms with Crippen molar-refractivity contribution in [2.75, 3.05) is 0 Å². The van der Waals surface area contributed by atoms with Crippen LogP contribution in [0.2, 0.25) is 0 Å². The summed E-state index contributed by atoms with van der Waals surface area (Å²) < 4.78 is 4.74. The van der Waals surface area contributed by atoms with Crippen LogP contribution in [0.15, 0.2) is 29.1 Å². The first-order valence-electron chi connectivity index (χ1n) is 2.79. The summed E-state index contributed by atoms with van der Waals surface area (Å²) in [4.78, 5) is 10.2. The molecule has 1 rings (SSSR count). The zero-order valence-electron chi connectivity index (χ0n) is 5.28. The Balaban J connectivity index is 2.64. The van der Waals surface area contributed by atoms with Crippen LogP contribution in [0.4, 0.5) is 0 Å². The number of hydrogen-bond acceptors (Lipinski definition) is 2. The van der Waals surface area contributed by atoms with Gasteiger partial charge in [0.15, 0.2) is 0 Å². The molecule has 2 N–H and O–H groups in total. The largest absolute Gasteiger partial charge is 0.472 e. The molecule has 0 unspecified atom stereocenters. The molecule has 1 amide bonds. The molecule has 1 aromatic rings. The second-order valence-electron chi connectivity index (χ2n) is 1.79. The number of amides is 1. The van der Waals surface area contributed by atoms with Crippen molar-refractivity contribution in [2.24, 2.45) is 5.73 Å². The van der Waals surface area contributed by atoms with Gasteiger partial charge in [0.05, 0.1) is 12.5 Å². The van der Waals surface area contributed by atoms with Crippen LogP contribution >= 0.6 is 0 Å². The molecule has 0 aliphatic heterocycles. The van der Waals surface area contributed by atoms with Gasteiger partial charge in [-0.1, -0.05) is 0 Å². The Morgan fingerprint density at radius 1 is 1.70 bits per heavy atom. The van der Waals surface area contributed by atoms with Gasteiger partial charge >= 0.3 is 0 Å². The van der Waals surface area contributed by atoms with Crippen LogP contribution in [-0.2, 0) is 4.79 Å². The van der Waals surface area contributed by atoms with Crippen LogP contribution in [0.1, 0.15) is 5.56 Å². The highest BCUT2D eigenvalue weighted by Crippen LogP contribution is 2.00. The maximum atomic E-state index is 10.2. The average molecular weight is 137 g/mol. The fourth-order valence-electron chi connectivity index (χ4n) is 0.548. The maximum Gasteiger partial charge on any atom is 0.241 e. The van der Waals surface area contributed by atoms with E-state index in [9.17, 15) is 4.79 Å². The summed E-state index contributed by atoms with van der Waals surface area (Å²) in [6, 6.07) is 1.74. The minimum absolute atomic E-state index is 0.457. The lowest BCUT2D eigenvalue weighted by molar-refractivity contribution is -0.113. The molecule has 0 fully saturated rings. The number of carbonyl (C=O) groups excluding carboxylic acids is 1. The SMILES string of the molecule is NC(=O)C=Cc1ccoc1. The van der Waals surface area contributed by atoms with Gasteiger partial charge in [0, 0.05) is 11.6 Å². The first-order chi connectivity index (χ1) is 4.79. The summed E-state index contributed by atoms with van der Waals surface area (Å²) in [5.41, 5.74) is 5.68. The van der Waals surface area contributed by atoms with Crippen LogP contribution in [0, 0.1) is 0 Å². The molecule has 0 radical (unpaired) electrons. The molecule has 0 aliphatic carbocycles. The Labute approximate surface area is 58.1 Å². The van der Waals surface area contributed by atoms with Gasteiger partial charge in [-0.25, -0.2) is 0 Å². The summed E-state index contributed by atoms with van der Waals surface area (Å²) in [6.07, 6.45) is 5.93. The molecule has 0 saturated carbocycles. The average Bonchev–Trinajstić information content (AvgIpc) is 2.34. The van der Waals surface area contributed by atoms with Crippen LogP contribution in [0.5, 0.6) is 0 Å². The van der Waals surface area contributed by atoms with E-state index in [1.807, 2.05) is 0 Å². The number of nitrogens with two attached hydrogens (primary N) is 1. The monoisotopic (exact) mass is 137 g/mol. The molecule has 0 spiro atoms. The maximum absolute atomic E-state index is 10.2. The Bertz CT molecular complexity index is 236. The zero-order valence-corrected chi connectivity index (χ0v) is 5.28. The number of rotatable bonds is 2. The Morgan fingerprint density at radius 2 is 2.50 bits per heavy atom. The van der Waals surface area contributed by atoms with Crippen molar-refractivity contribution in [3.05, 3.63) is 30.2 Å². The van der Waals surface area contributed by atoms with E-state index in [0.29, 0.717) is 0 Å². The Kier molecular flexibility index (Phi) is 1.89. The second-order valence-corrected chi connectivity index (χ2v) is 1.79. The summed E-state index contributed by atoms with van der Waals surface area (Å²) in [7, 11) is 0. The quantitative estimate of drug-likeness (QED) is 0.612. The van der Waals surface area contributed by atoms with Gasteiger partial charge in [-0.2, -0.15) is 0 Å². The smallest absolute Gasteiger partial charge is 0.241 e. The molecule has 0 saturated heterocycles. The van der Waals surface area contributed by atoms with Gasteiger partial charge in [-0.3, -0.25) is 4.79 Å². The molecule has 3 heteroatoms. The molecule has 0 aliphatic rings. The summed E-state index contributed by atoms with van der Waals surface area (Å²) in [5.74, 6) is -0.457. The van der Waals surface area contributed by atoms with Crippen molar-refractivity contribution in [1.29, 1.82) is 0 Å². The Morgan fingerprint density at radius 3 is 3.00 bits per heavy atom. The minimum atomic E-state index is -0.457. The van der Waals surface area contributed by atoms with Gasteiger partial charge < -0.3 is 10.2 Å². The van der Waals surface area contributed by atoms with Crippen molar-refractivity contribution >= 4 is 12.0 Å². The molecule has 1 heterocycles. The second kappa shape index (κ2) is 2.87. The van der Waals surface area contributed by atoms with Crippen LogP contribution in [0.25, 0.3) is 6.08 Å². The lowest BCUT2D eigenvalue weighted by Gasteiger charge is -1.78. The van der Waals surface area contributed by atoms with E-state index in [1.54, 1.807) is 12.1 Å². The number of furan rings is 1. The van der Waals surface area contributed by atoms with Crippen molar-refractivity contribution in [1.82, 2.24) is 0 Å². The van der Waals surface area contributed by atoms with E-state index in [-0.39, 0.29) is 0 Å². The van der Waals surface area contributed by atoms with Crippen molar-refractivity contribution < 1.29 is 9.21 Å². The van der Waals surface area contributed by atoms with E-state index in [2.05, 4.69) is 0 Å². The molecular weight excluding hydrogens is 130 g/mol. The molecule has 0 aromatic carbocycles. The third kappa shape index (κ3) is 1.78. The van der Waals surface area contributed by atoms with Crippen molar-refractivity contribution in [3.63, 3.8) is 0 Å². The lowest BCUT2D eigenvalue weighted by atomic mass is 10.3. The topological polar surface area (TPSA) is 56.2 Å². The first kappa shape index (κ1) is 6.61. The summed E-state index contributed by atoms with van der Waals surface area (Å²) in [6.45, 7) is 0. The molecule has 3 nitrogen and oxygen atoms in total. The number of carbonyl (C=O) groups is 1. The van der Waals surface area contributed by atoms with Gasteiger partial charge in [0.2, 0.25) is 5.91 Å². The number of primary amides is 1. The fraction of sp³-hybridized carbons (Fsp3) is 0. The predicted molar refractivity (Wildman–Crippen MR) is 36.9 cm³/mol. The highest BCUT2D eigenvalue weighted by atomic mass is 16.3. The van der Waals surface area contributed by atoms with Gasteiger partial charge in [0.25, 0.3) is 0 Å². The van der Waals surface area contributed by atoms with E-state index in [4.69, 9.17) is 10.2 Å². The molecule has 0 atom stereocenters. The third-order valence-corrected chi connectivity index (χ3v) is 0.983. The molecule has 10 heavy (non-hydrogen) atoms. The van der Waals surface area contributed by atoms with Gasteiger partial charge in [0.1, 0.15) is 0 Å². The van der Waals surface area contributed by atoms with E-state index >= 15 is 0 Å². The van der Waals surface area contributed by atoms with Crippen molar-refractivity contribution in [3.8, 4) is 0 Å². The molecule has 1 aromatic heterocycles. The molecule has 52 valence electrons. The highest BCUT2D eigenvalue weighted by Gasteiger charge is 1.86. The van der Waals surface area contributed by atoms with Crippen LogP contribution in [0.3, 0.4) is 0 Å². The zero-order chi connectivity index (χ0) is 7.40.